The second-order valence-electron chi connectivity index (χ2n) is 6.06. The molecule has 0 spiro atoms. The van der Waals surface area contributed by atoms with Crippen molar-refractivity contribution in [3.63, 3.8) is 0 Å². The number of nitrogens with zero attached hydrogens (tertiary/aromatic N) is 1. The predicted octanol–water partition coefficient (Wildman–Crippen LogP) is 3.04. The fourth-order valence-electron chi connectivity index (χ4n) is 2.67. The standard InChI is InChI=1S/C21H27ClN4O/c1-3-24-21(26-14-12-17-8-4-5-10-19(17)22)25-13-11-16-7-6-9-18(15-16)20(27)23-2/h4-10,15H,3,11-14H2,1-2H3,(H,23,27)(H2,24,25,26). The maximum absolute atomic E-state index is 11.7. The number of nitrogens with one attached hydrogen (secondary N) is 3. The molecule has 0 radical (unpaired) electrons. The minimum atomic E-state index is -0.0701. The molecule has 2 rings (SSSR count). The molecule has 0 aliphatic heterocycles. The second-order valence-corrected chi connectivity index (χ2v) is 6.47. The van der Waals surface area contributed by atoms with Gasteiger partial charge in [0.15, 0.2) is 5.96 Å². The predicted molar refractivity (Wildman–Crippen MR) is 113 cm³/mol. The second kappa shape index (κ2) is 11.2. The summed E-state index contributed by atoms with van der Waals surface area (Å²) in [5, 5.41) is 10.0. The highest BCUT2D eigenvalue weighted by molar-refractivity contribution is 6.31. The number of hydrogen-bond acceptors (Lipinski definition) is 2. The third-order valence-corrected chi connectivity index (χ3v) is 4.44. The number of carbonyl (C=O) groups excluding carboxylic acids is 1. The Kier molecular flexibility index (Phi) is 8.65. The summed E-state index contributed by atoms with van der Waals surface area (Å²) in [6, 6.07) is 15.5. The zero-order valence-electron chi connectivity index (χ0n) is 15.9. The molecule has 27 heavy (non-hydrogen) atoms. The van der Waals surface area contributed by atoms with E-state index in [1.165, 1.54) is 0 Å². The SMILES string of the molecule is CCNC(=NCCc1ccccc1Cl)NCCc1cccc(C(=O)NC)c1. The zero-order chi connectivity index (χ0) is 19.5. The first-order valence-electron chi connectivity index (χ1n) is 9.20. The van der Waals surface area contributed by atoms with Crippen molar-refractivity contribution in [3.8, 4) is 0 Å². The minimum Gasteiger partial charge on any atom is -0.357 e. The van der Waals surface area contributed by atoms with Gasteiger partial charge in [-0.15, -0.1) is 0 Å². The van der Waals surface area contributed by atoms with Crippen LogP contribution in [0.25, 0.3) is 0 Å². The van der Waals surface area contributed by atoms with Crippen molar-refractivity contribution in [1.82, 2.24) is 16.0 Å². The molecule has 0 bridgehead atoms. The highest BCUT2D eigenvalue weighted by Crippen LogP contribution is 2.15. The number of aliphatic imine (C=N–C) groups is 1. The molecule has 0 aliphatic carbocycles. The first-order chi connectivity index (χ1) is 13.1. The molecule has 0 aromatic heterocycles. The molecule has 0 fully saturated rings. The molecule has 3 N–H and O–H groups in total. The van der Waals surface area contributed by atoms with Gasteiger partial charge in [-0.2, -0.15) is 0 Å². The van der Waals surface area contributed by atoms with E-state index in [0.29, 0.717) is 12.1 Å². The zero-order valence-corrected chi connectivity index (χ0v) is 16.6. The Hall–Kier alpha value is -2.53. The van der Waals surface area contributed by atoms with Gasteiger partial charge in [0.2, 0.25) is 0 Å². The van der Waals surface area contributed by atoms with Crippen LogP contribution in [0, 0.1) is 0 Å². The van der Waals surface area contributed by atoms with Crippen molar-refractivity contribution < 1.29 is 4.79 Å². The maximum atomic E-state index is 11.7. The first-order valence-corrected chi connectivity index (χ1v) is 9.58. The molecule has 5 nitrogen and oxygen atoms in total. The summed E-state index contributed by atoms with van der Waals surface area (Å²) in [5.41, 5.74) is 2.88. The van der Waals surface area contributed by atoms with Gasteiger partial charge in [0.25, 0.3) is 5.91 Å². The number of halogens is 1. The Morgan fingerprint density at radius 1 is 1.07 bits per heavy atom. The van der Waals surface area contributed by atoms with Crippen molar-refractivity contribution in [2.75, 3.05) is 26.7 Å². The fraction of sp³-hybridized carbons (Fsp3) is 0.333. The molecule has 2 aromatic rings. The van der Waals surface area contributed by atoms with Gasteiger partial charge in [-0.3, -0.25) is 9.79 Å². The van der Waals surface area contributed by atoms with E-state index in [4.69, 9.17) is 11.6 Å². The van der Waals surface area contributed by atoms with E-state index in [9.17, 15) is 4.79 Å². The summed E-state index contributed by atoms with van der Waals surface area (Å²) < 4.78 is 0. The van der Waals surface area contributed by atoms with Crippen molar-refractivity contribution in [1.29, 1.82) is 0 Å². The summed E-state index contributed by atoms with van der Waals surface area (Å²) in [6.07, 6.45) is 1.60. The lowest BCUT2D eigenvalue weighted by molar-refractivity contribution is 0.0963. The molecular weight excluding hydrogens is 360 g/mol. The van der Waals surface area contributed by atoms with Crippen molar-refractivity contribution in [2.45, 2.75) is 19.8 Å². The van der Waals surface area contributed by atoms with Gasteiger partial charge in [-0.05, 0) is 49.1 Å². The van der Waals surface area contributed by atoms with Crippen LogP contribution in [0.4, 0.5) is 0 Å². The molecule has 1 amide bonds. The van der Waals surface area contributed by atoms with Crippen LogP contribution in [-0.2, 0) is 12.8 Å². The van der Waals surface area contributed by atoms with Gasteiger partial charge in [0.1, 0.15) is 0 Å². The highest BCUT2D eigenvalue weighted by atomic mass is 35.5. The first kappa shape index (κ1) is 20.8. The fourth-order valence-corrected chi connectivity index (χ4v) is 2.90. The minimum absolute atomic E-state index is 0.0701. The molecule has 0 aliphatic rings. The third-order valence-electron chi connectivity index (χ3n) is 4.08. The summed E-state index contributed by atoms with van der Waals surface area (Å²) in [5.74, 6) is 0.714. The molecule has 6 heteroatoms. The monoisotopic (exact) mass is 386 g/mol. The topological polar surface area (TPSA) is 65.5 Å². The highest BCUT2D eigenvalue weighted by Gasteiger charge is 2.04. The largest absolute Gasteiger partial charge is 0.357 e. The van der Waals surface area contributed by atoms with Gasteiger partial charge in [0.05, 0.1) is 0 Å². The summed E-state index contributed by atoms with van der Waals surface area (Å²) in [4.78, 5) is 16.3. The molecule has 2 aromatic carbocycles. The molecular formula is C21H27ClN4O. The number of guanidine groups is 1. The normalized spacial score (nSPS) is 11.1. The summed E-state index contributed by atoms with van der Waals surface area (Å²) in [6.45, 7) is 4.22. The number of benzene rings is 2. The van der Waals surface area contributed by atoms with Gasteiger partial charge in [-0.1, -0.05) is 41.9 Å². The maximum Gasteiger partial charge on any atom is 0.251 e. The van der Waals surface area contributed by atoms with Crippen molar-refractivity contribution in [2.24, 2.45) is 4.99 Å². The molecule has 0 atom stereocenters. The molecule has 0 saturated carbocycles. The summed E-state index contributed by atoms with van der Waals surface area (Å²) >= 11 is 6.19. The summed E-state index contributed by atoms with van der Waals surface area (Å²) in [7, 11) is 1.64. The third kappa shape index (κ3) is 6.94. The Balaban J connectivity index is 1.87. The van der Waals surface area contributed by atoms with E-state index in [-0.39, 0.29) is 5.91 Å². The van der Waals surface area contributed by atoms with Crippen LogP contribution >= 0.6 is 11.6 Å². The molecule has 0 unspecified atom stereocenters. The van der Waals surface area contributed by atoms with E-state index in [1.54, 1.807) is 7.05 Å². The number of amides is 1. The van der Waals surface area contributed by atoms with E-state index in [2.05, 4.69) is 20.9 Å². The van der Waals surface area contributed by atoms with E-state index >= 15 is 0 Å². The lowest BCUT2D eigenvalue weighted by atomic mass is 10.1. The van der Waals surface area contributed by atoms with E-state index in [1.807, 2.05) is 55.5 Å². The van der Waals surface area contributed by atoms with Crippen molar-refractivity contribution >= 4 is 23.5 Å². The van der Waals surface area contributed by atoms with Crippen LogP contribution in [0.3, 0.4) is 0 Å². The van der Waals surface area contributed by atoms with Crippen molar-refractivity contribution in [3.05, 3.63) is 70.2 Å². The van der Waals surface area contributed by atoms with Crippen LogP contribution in [0.1, 0.15) is 28.4 Å². The van der Waals surface area contributed by atoms with Gasteiger partial charge in [0, 0.05) is 37.3 Å². The Bertz CT molecular complexity index is 776. The molecule has 144 valence electrons. The lowest BCUT2D eigenvalue weighted by Crippen LogP contribution is -2.38. The van der Waals surface area contributed by atoms with Gasteiger partial charge >= 0.3 is 0 Å². The average molecular weight is 387 g/mol. The molecule has 0 heterocycles. The average Bonchev–Trinajstić information content (AvgIpc) is 2.69. The Morgan fingerprint density at radius 3 is 2.63 bits per heavy atom. The van der Waals surface area contributed by atoms with Crippen LogP contribution < -0.4 is 16.0 Å². The lowest BCUT2D eigenvalue weighted by Gasteiger charge is -2.12. The van der Waals surface area contributed by atoms with Crippen LogP contribution in [0.2, 0.25) is 5.02 Å². The number of carbonyl (C=O) groups is 1. The van der Waals surface area contributed by atoms with E-state index < -0.39 is 0 Å². The molecule has 0 saturated heterocycles. The number of hydrogen-bond donors (Lipinski definition) is 3. The van der Waals surface area contributed by atoms with Crippen LogP contribution in [0.15, 0.2) is 53.5 Å². The number of rotatable bonds is 8. The van der Waals surface area contributed by atoms with Crippen LogP contribution in [0.5, 0.6) is 0 Å². The Morgan fingerprint density at radius 2 is 1.89 bits per heavy atom. The van der Waals surface area contributed by atoms with Crippen LogP contribution in [-0.4, -0.2) is 38.5 Å². The van der Waals surface area contributed by atoms with Gasteiger partial charge in [-0.25, -0.2) is 0 Å². The Labute approximate surface area is 166 Å². The smallest absolute Gasteiger partial charge is 0.251 e. The quantitative estimate of drug-likeness (QED) is 0.482. The van der Waals surface area contributed by atoms with Gasteiger partial charge < -0.3 is 16.0 Å². The van der Waals surface area contributed by atoms with E-state index in [0.717, 1.165) is 48.0 Å².